The summed E-state index contributed by atoms with van der Waals surface area (Å²) in [6.07, 6.45) is 4.18. The van der Waals surface area contributed by atoms with E-state index in [2.05, 4.69) is 15.3 Å². The molecule has 0 spiro atoms. The first-order chi connectivity index (χ1) is 9.54. The lowest BCUT2D eigenvalue weighted by Gasteiger charge is -2.17. The van der Waals surface area contributed by atoms with E-state index < -0.39 is 24.0 Å². The maximum atomic E-state index is 11.8. The summed E-state index contributed by atoms with van der Waals surface area (Å²) in [4.78, 5) is 29.5. The largest absolute Gasteiger partial charge is 0.480 e. The molecule has 0 saturated carbocycles. The highest BCUT2D eigenvalue weighted by molar-refractivity contribution is 5.86. The Morgan fingerprint density at radius 3 is 2.90 bits per heavy atom. The predicted molar refractivity (Wildman–Crippen MR) is 70.9 cm³/mol. The zero-order chi connectivity index (χ0) is 15.0. The van der Waals surface area contributed by atoms with Crippen LogP contribution in [0.4, 0.5) is 0 Å². The molecule has 0 aliphatic heterocycles. The molecule has 1 unspecified atom stereocenters. The first kappa shape index (κ1) is 16.1. The van der Waals surface area contributed by atoms with Crippen molar-refractivity contribution in [3.05, 3.63) is 18.2 Å². The number of aromatic nitrogens is 2. The molecule has 0 saturated heterocycles. The van der Waals surface area contributed by atoms with Crippen LogP contribution in [-0.2, 0) is 20.7 Å². The number of carboxylic acid groups (broad SMARTS) is 1. The van der Waals surface area contributed by atoms with Crippen molar-refractivity contribution in [2.24, 2.45) is 5.73 Å². The number of ether oxygens (including phenoxy) is 1. The van der Waals surface area contributed by atoms with Crippen LogP contribution < -0.4 is 11.1 Å². The van der Waals surface area contributed by atoms with E-state index in [1.807, 2.05) is 0 Å². The maximum Gasteiger partial charge on any atom is 0.326 e. The number of carbonyl (C=O) groups is 2. The van der Waals surface area contributed by atoms with Crippen molar-refractivity contribution in [3.8, 4) is 0 Å². The second-order valence-electron chi connectivity index (χ2n) is 4.42. The van der Waals surface area contributed by atoms with Crippen LogP contribution in [0.3, 0.4) is 0 Å². The SMILES string of the molecule is COCCCC(N)C(=O)N[C@H](Cc1cnc[nH]1)C(=O)O. The van der Waals surface area contributed by atoms with Crippen LogP contribution in [0, 0.1) is 0 Å². The molecule has 1 aromatic rings. The summed E-state index contributed by atoms with van der Waals surface area (Å²) in [5.41, 5.74) is 6.33. The number of carbonyl (C=O) groups excluding carboxylic acids is 1. The first-order valence-corrected chi connectivity index (χ1v) is 6.29. The number of hydrogen-bond donors (Lipinski definition) is 4. The fourth-order valence-electron chi connectivity index (χ4n) is 1.67. The van der Waals surface area contributed by atoms with Gasteiger partial charge in [0, 0.05) is 32.0 Å². The molecule has 1 rings (SSSR count). The van der Waals surface area contributed by atoms with Gasteiger partial charge < -0.3 is 25.9 Å². The van der Waals surface area contributed by atoms with Crippen molar-refractivity contribution in [1.82, 2.24) is 15.3 Å². The van der Waals surface area contributed by atoms with E-state index in [1.54, 1.807) is 7.11 Å². The molecule has 0 radical (unpaired) electrons. The summed E-state index contributed by atoms with van der Waals surface area (Å²) in [7, 11) is 1.57. The molecule has 8 heteroatoms. The fourth-order valence-corrected chi connectivity index (χ4v) is 1.67. The van der Waals surface area contributed by atoms with Gasteiger partial charge in [0.15, 0.2) is 0 Å². The number of H-pyrrole nitrogens is 1. The number of aliphatic carboxylic acids is 1. The normalized spacial score (nSPS) is 13.7. The molecular weight excluding hydrogens is 264 g/mol. The molecule has 0 fully saturated rings. The Kier molecular flexibility index (Phi) is 6.68. The molecule has 1 amide bonds. The van der Waals surface area contributed by atoms with Crippen LogP contribution in [0.2, 0.25) is 0 Å². The summed E-state index contributed by atoms with van der Waals surface area (Å²) in [5, 5.41) is 11.5. The Labute approximate surface area is 116 Å². The van der Waals surface area contributed by atoms with E-state index >= 15 is 0 Å². The highest BCUT2D eigenvalue weighted by Crippen LogP contribution is 2.01. The Morgan fingerprint density at radius 1 is 1.60 bits per heavy atom. The fraction of sp³-hybridized carbons (Fsp3) is 0.583. The van der Waals surface area contributed by atoms with Crippen LogP contribution in [0.25, 0.3) is 0 Å². The van der Waals surface area contributed by atoms with Crippen molar-refractivity contribution in [2.45, 2.75) is 31.3 Å². The van der Waals surface area contributed by atoms with Gasteiger partial charge in [-0.05, 0) is 12.8 Å². The highest BCUT2D eigenvalue weighted by Gasteiger charge is 2.23. The lowest BCUT2D eigenvalue weighted by Crippen LogP contribution is -2.49. The molecule has 112 valence electrons. The first-order valence-electron chi connectivity index (χ1n) is 6.29. The third kappa shape index (κ3) is 5.37. The summed E-state index contributed by atoms with van der Waals surface area (Å²) >= 11 is 0. The van der Waals surface area contributed by atoms with Gasteiger partial charge in [-0.3, -0.25) is 4.79 Å². The van der Waals surface area contributed by atoms with Crippen molar-refractivity contribution in [2.75, 3.05) is 13.7 Å². The minimum Gasteiger partial charge on any atom is -0.480 e. The molecule has 0 aliphatic rings. The monoisotopic (exact) mass is 284 g/mol. The number of hydrogen-bond acceptors (Lipinski definition) is 5. The molecule has 0 aliphatic carbocycles. The Balaban J connectivity index is 2.48. The van der Waals surface area contributed by atoms with Gasteiger partial charge >= 0.3 is 5.97 Å². The minimum absolute atomic E-state index is 0.131. The van der Waals surface area contributed by atoms with E-state index in [0.29, 0.717) is 25.1 Å². The van der Waals surface area contributed by atoms with Gasteiger partial charge in [-0.25, -0.2) is 9.78 Å². The predicted octanol–water partition coefficient (Wildman–Crippen LogP) is -0.724. The molecular formula is C12H20N4O4. The van der Waals surface area contributed by atoms with Gasteiger partial charge in [0.1, 0.15) is 6.04 Å². The number of amides is 1. The number of imidazole rings is 1. The van der Waals surface area contributed by atoms with E-state index in [1.165, 1.54) is 12.5 Å². The van der Waals surface area contributed by atoms with Gasteiger partial charge in [-0.2, -0.15) is 0 Å². The van der Waals surface area contributed by atoms with E-state index in [9.17, 15) is 9.59 Å². The number of nitrogens with two attached hydrogens (primary N) is 1. The smallest absolute Gasteiger partial charge is 0.326 e. The van der Waals surface area contributed by atoms with Gasteiger partial charge in [0.2, 0.25) is 5.91 Å². The number of nitrogens with zero attached hydrogens (tertiary/aromatic N) is 1. The van der Waals surface area contributed by atoms with Crippen molar-refractivity contribution >= 4 is 11.9 Å². The van der Waals surface area contributed by atoms with Gasteiger partial charge in [0.05, 0.1) is 12.4 Å². The number of methoxy groups -OCH3 is 1. The average molecular weight is 284 g/mol. The van der Waals surface area contributed by atoms with Gasteiger partial charge in [-0.15, -0.1) is 0 Å². The molecule has 20 heavy (non-hydrogen) atoms. The lowest BCUT2D eigenvalue weighted by molar-refractivity contribution is -0.142. The quantitative estimate of drug-likeness (QED) is 0.442. The van der Waals surface area contributed by atoms with Crippen LogP contribution in [-0.4, -0.2) is 52.8 Å². The van der Waals surface area contributed by atoms with Crippen molar-refractivity contribution < 1.29 is 19.4 Å². The topological polar surface area (TPSA) is 130 Å². The van der Waals surface area contributed by atoms with Crippen molar-refractivity contribution in [1.29, 1.82) is 0 Å². The van der Waals surface area contributed by atoms with Crippen LogP contribution in [0.15, 0.2) is 12.5 Å². The van der Waals surface area contributed by atoms with Gasteiger partial charge in [0.25, 0.3) is 0 Å². The van der Waals surface area contributed by atoms with E-state index in [0.717, 1.165) is 0 Å². The summed E-state index contributed by atoms with van der Waals surface area (Å²) in [6, 6.07) is -1.77. The maximum absolute atomic E-state index is 11.8. The third-order valence-electron chi connectivity index (χ3n) is 2.79. The van der Waals surface area contributed by atoms with E-state index in [4.69, 9.17) is 15.6 Å². The molecule has 0 aromatic carbocycles. The zero-order valence-electron chi connectivity index (χ0n) is 11.3. The Morgan fingerprint density at radius 2 is 2.35 bits per heavy atom. The van der Waals surface area contributed by atoms with Crippen molar-refractivity contribution in [3.63, 3.8) is 0 Å². The Hall–Kier alpha value is -1.93. The third-order valence-corrected chi connectivity index (χ3v) is 2.79. The van der Waals surface area contributed by atoms with Crippen LogP contribution in [0.5, 0.6) is 0 Å². The van der Waals surface area contributed by atoms with Gasteiger partial charge in [-0.1, -0.05) is 0 Å². The van der Waals surface area contributed by atoms with Crippen LogP contribution in [0.1, 0.15) is 18.5 Å². The van der Waals surface area contributed by atoms with Crippen LogP contribution >= 0.6 is 0 Å². The number of nitrogens with one attached hydrogen (secondary N) is 2. The standard InChI is InChI=1S/C12H20N4O4/c1-20-4-2-3-9(13)11(17)16-10(12(18)19)5-8-6-14-7-15-8/h6-7,9-10H,2-5,13H2,1H3,(H,14,15)(H,16,17)(H,18,19)/t9?,10-/m1/s1. The highest BCUT2D eigenvalue weighted by atomic mass is 16.5. The molecule has 8 nitrogen and oxygen atoms in total. The molecule has 1 aromatic heterocycles. The lowest BCUT2D eigenvalue weighted by atomic mass is 10.1. The zero-order valence-corrected chi connectivity index (χ0v) is 11.3. The average Bonchev–Trinajstić information content (AvgIpc) is 2.90. The summed E-state index contributed by atoms with van der Waals surface area (Å²) < 4.78 is 4.87. The second kappa shape index (κ2) is 8.28. The summed E-state index contributed by atoms with van der Waals surface area (Å²) in [5.74, 6) is -1.59. The number of aromatic amines is 1. The molecule has 5 N–H and O–H groups in total. The second-order valence-corrected chi connectivity index (χ2v) is 4.42. The number of carboxylic acids is 1. The molecule has 2 atom stereocenters. The molecule has 0 bridgehead atoms. The minimum atomic E-state index is -1.11. The molecule has 1 heterocycles. The number of rotatable bonds is 9. The Bertz CT molecular complexity index is 421. The van der Waals surface area contributed by atoms with E-state index in [-0.39, 0.29) is 6.42 Å². The summed E-state index contributed by atoms with van der Waals surface area (Å²) in [6.45, 7) is 0.511.